The van der Waals surface area contributed by atoms with Crippen LogP contribution in [0.3, 0.4) is 0 Å². The Kier molecular flexibility index (Phi) is 2.49. The van der Waals surface area contributed by atoms with E-state index in [1.807, 2.05) is 0 Å². The number of rotatable bonds is 3. The van der Waals surface area contributed by atoms with Crippen LogP contribution in [0.15, 0.2) is 22.8 Å². The van der Waals surface area contributed by atoms with Gasteiger partial charge in [0.05, 0.1) is 6.26 Å². The standard InChI is InChI=1S/C6H9O4P/c1-8-11(7,9-2)6-4-3-5-10-6/h3-5H,1-2H3. The molecule has 0 radical (unpaired) electrons. The van der Waals surface area contributed by atoms with Crippen LogP contribution in [0.5, 0.6) is 0 Å². The van der Waals surface area contributed by atoms with Crippen LogP contribution in [0.1, 0.15) is 0 Å². The molecule has 0 saturated carbocycles. The van der Waals surface area contributed by atoms with Crippen molar-refractivity contribution in [3.63, 3.8) is 0 Å². The van der Waals surface area contributed by atoms with Crippen LogP contribution in [0.2, 0.25) is 0 Å². The summed E-state index contributed by atoms with van der Waals surface area (Å²) in [5, 5.41) is 0. The maximum atomic E-state index is 11.5. The van der Waals surface area contributed by atoms with E-state index >= 15 is 0 Å². The Morgan fingerprint density at radius 2 is 2.09 bits per heavy atom. The van der Waals surface area contributed by atoms with E-state index in [-0.39, 0.29) is 5.50 Å². The molecule has 11 heavy (non-hydrogen) atoms. The average Bonchev–Trinajstić information content (AvgIpc) is 2.55. The lowest BCUT2D eigenvalue weighted by atomic mass is 10.7. The molecule has 1 aromatic heterocycles. The van der Waals surface area contributed by atoms with Gasteiger partial charge in [0.1, 0.15) is 0 Å². The molecule has 0 aliphatic heterocycles. The molecule has 1 rings (SSSR count). The minimum Gasteiger partial charge on any atom is -0.456 e. The maximum absolute atomic E-state index is 11.5. The fourth-order valence-electron chi connectivity index (χ4n) is 0.680. The lowest BCUT2D eigenvalue weighted by Crippen LogP contribution is -2.03. The topological polar surface area (TPSA) is 48.7 Å². The van der Waals surface area contributed by atoms with E-state index in [0.717, 1.165) is 0 Å². The second kappa shape index (κ2) is 3.22. The van der Waals surface area contributed by atoms with E-state index in [4.69, 9.17) is 4.42 Å². The van der Waals surface area contributed by atoms with E-state index < -0.39 is 7.60 Å². The van der Waals surface area contributed by atoms with Gasteiger partial charge in [-0.2, -0.15) is 0 Å². The summed E-state index contributed by atoms with van der Waals surface area (Å²) in [6, 6.07) is 3.17. The molecule has 0 aliphatic rings. The van der Waals surface area contributed by atoms with Crippen molar-refractivity contribution in [3.8, 4) is 0 Å². The second-order valence-electron chi connectivity index (χ2n) is 1.81. The molecule has 0 amide bonds. The van der Waals surface area contributed by atoms with Gasteiger partial charge < -0.3 is 13.5 Å². The predicted molar refractivity (Wildman–Crippen MR) is 40.0 cm³/mol. The van der Waals surface area contributed by atoms with Crippen molar-refractivity contribution in [3.05, 3.63) is 18.4 Å². The largest absolute Gasteiger partial charge is 0.456 e. The SMILES string of the molecule is COP(=O)(OC)c1ccco1. The van der Waals surface area contributed by atoms with Crippen molar-refractivity contribution in [1.29, 1.82) is 0 Å². The highest BCUT2D eigenvalue weighted by Gasteiger charge is 2.27. The third kappa shape index (κ3) is 1.53. The normalized spacial score (nSPS) is 11.8. The molecule has 1 aromatic rings. The predicted octanol–water partition coefficient (Wildman–Crippen LogP) is 1.39. The summed E-state index contributed by atoms with van der Waals surface area (Å²) in [4.78, 5) is 0. The Labute approximate surface area is 64.6 Å². The van der Waals surface area contributed by atoms with Gasteiger partial charge in [-0.15, -0.1) is 0 Å². The van der Waals surface area contributed by atoms with Crippen molar-refractivity contribution in [2.24, 2.45) is 0 Å². The summed E-state index contributed by atoms with van der Waals surface area (Å²) in [5.41, 5.74) is 0.225. The van der Waals surface area contributed by atoms with Gasteiger partial charge >= 0.3 is 7.60 Å². The van der Waals surface area contributed by atoms with Crippen LogP contribution >= 0.6 is 7.60 Å². The minimum atomic E-state index is -3.15. The van der Waals surface area contributed by atoms with Crippen LogP contribution < -0.4 is 5.50 Å². The zero-order valence-electron chi connectivity index (χ0n) is 6.31. The molecule has 0 N–H and O–H groups in total. The third-order valence-electron chi connectivity index (χ3n) is 1.26. The first-order chi connectivity index (χ1) is 5.23. The molecule has 0 saturated heterocycles. The van der Waals surface area contributed by atoms with E-state index in [1.165, 1.54) is 20.5 Å². The summed E-state index contributed by atoms with van der Waals surface area (Å²) in [7, 11) is -0.528. The second-order valence-corrected chi connectivity index (χ2v) is 3.98. The van der Waals surface area contributed by atoms with Crippen LogP contribution in [0.4, 0.5) is 0 Å². The van der Waals surface area contributed by atoms with Gasteiger partial charge in [0.2, 0.25) is 5.50 Å². The first kappa shape index (κ1) is 8.53. The molecule has 0 aromatic carbocycles. The molecule has 5 heteroatoms. The molecule has 62 valence electrons. The quantitative estimate of drug-likeness (QED) is 0.653. The Balaban J connectivity index is 2.97. The highest BCUT2D eigenvalue weighted by Crippen LogP contribution is 2.44. The Morgan fingerprint density at radius 3 is 2.45 bits per heavy atom. The van der Waals surface area contributed by atoms with E-state index in [0.29, 0.717) is 0 Å². The molecule has 0 aliphatic carbocycles. The van der Waals surface area contributed by atoms with Crippen molar-refractivity contribution >= 4 is 13.1 Å². The molecule has 0 spiro atoms. The van der Waals surface area contributed by atoms with Gasteiger partial charge in [-0.05, 0) is 12.1 Å². The molecular formula is C6H9O4P. The number of hydrogen-bond acceptors (Lipinski definition) is 4. The van der Waals surface area contributed by atoms with E-state index in [1.54, 1.807) is 12.1 Å². The smallest absolute Gasteiger partial charge is 0.395 e. The van der Waals surface area contributed by atoms with Crippen LogP contribution in [0.25, 0.3) is 0 Å². The number of hydrogen-bond donors (Lipinski definition) is 0. The van der Waals surface area contributed by atoms with Crippen molar-refractivity contribution < 1.29 is 18.0 Å². The summed E-state index contributed by atoms with van der Waals surface area (Å²) >= 11 is 0. The summed E-state index contributed by atoms with van der Waals surface area (Å²) in [6.07, 6.45) is 1.42. The average molecular weight is 176 g/mol. The molecule has 0 unspecified atom stereocenters. The van der Waals surface area contributed by atoms with Gasteiger partial charge in [0.25, 0.3) is 0 Å². The van der Waals surface area contributed by atoms with Crippen LogP contribution in [0, 0.1) is 0 Å². The highest BCUT2D eigenvalue weighted by molar-refractivity contribution is 7.61. The molecule has 0 fully saturated rings. The Morgan fingerprint density at radius 1 is 1.45 bits per heavy atom. The summed E-state index contributed by atoms with van der Waals surface area (Å²) in [6.45, 7) is 0. The molecular weight excluding hydrogens is 167 g/mol. The van der Waals surface area contributed by atoms with Crippen molar-refractivity contribution in [2.45, 2.75) is 0 Å². The lowest BCUT2D eigenvalue weighted by Gasteiger charge is -2.08. The maximum Gasteiger partial charge on any atom is 0.395 e. The van der Waals surface area contributed by atoms with Gasteiger partial charge in [-0.25, -0.2) is 0 Å². The summed E-state index contributed by atoms with van der Waals surface area (Å²) < 4.78 is 25.7. The van der Waals surface area contributed by atoms with Crippen LogP contribution in [-0.4, -0.2) is 14.2 Å². The fraction of sp³-hybridized carbons (Fsp3) is 0.333. The molecule has 1 heterocycles. The fourth-order valence-corrected chi connectivity index (χ4v) is 1.65. The van der Waals surface area contributed by atoms with Gasteiger partial charge in [0.15, 0.2) is 0 Å². The minimum absolute atomic E-state index is 0.225. The third-order valence-corrected chi connectivity index (χ3v) is 3.01. The summed E-state index contributed by atoms with van der Waals surface area (Å²) in [5.74, 6) is 0. The van der Waals surface area contributed by atoms with Crippen LogP contribution in [-0.2, 0) is 13.6 Å². The first-order valence-electron chi connectivity index (χ1n) is 2.98. The Bertz CT molecular complexity index is 246. The van der Waals surface area contributed by atoms with E-state index in [9.17, 15) is 4.57 Å². The van der Waals surface area contributed by atoms with Gasteiger partial charge in [-0.1, -0.05) is 0 Å². The zero-order chi connectivity index (χ0) is 8.32. The van der Waals surface area contributed by atoms with Crippen molar-refractivity contribution in [1.82, 2.24) is 0 Å². The van der Waals surface area contributed by atoms with E-state index in [2.05, 4.69) is 9.05 Å². The number of furan rings is 1. The highest BCUT2D eigenvalue weighted by atomic mass is 31.2. The molecule has 0 bridgehead atoms. The van der Waals surface area contributed by atoms with Gasteiger partial charge in [-0.3, -0.25) is 4.57 Å². The zero-order valence-corrected chi connectivity index (χ0v) is 7.21. The first-order valence-corrected chi connectivity index (χ1v) is 4.53. The lowest BCUT2D eigenvalue weighted by molar-refractivity contribution is 0.281. The molecule has 0 atom stereocenters. The van der Waals surface area contributed by atoms with Crippen molar-refractivity contribution in [2.75, 3.05) is 14.2 Å². The Hall–Kier alpha value is -0.570. The molecule has 4 nitrogen and oxygen atoms in total. The monoisotopic (exact) mass is 176 g/mol. The van der Waals surface area contributed by atoms with Gasteiger partial charge in [0, 0.05) is 14.2 Å².